The van der Waals surface area contributed by atoms with Crippen LogP contribution in [0.4, 0.5) is 0 Å². The molecule has 0 spiro atoms. The average molecular weight is 381 g/mol. The van der Waals surface area contributed by atoms with Crippen molar-refractivity contribution in [3.05, 3.63) is 0 Å². The lowest BCUT2D eigenvalue weighted by Crippen LogP contribution is -2.50. The fraction of sp³-hybridized carbons (Fsp3) is 0.958. The molecule has 3 nitrogen and oxygen atoms in total. The summed E-state index contributed by atoms with van der Waals surface area (Å²) in [7, 11) is 0. The molecule has 3 heteroatoms. The average Bonchev–Trinajstić information content (AvgIpc) is 2.67. The van der Waals surface area contributed by atoms with Crippen LogP contribution < -0.4 is 11.1 Å². The number of carbonyl (C=O) groups is 1. The lowest BCUT2D eigenvalue weighted by Gasteiger charge is -2.31. The van der Waals surface area contributed by atoms with Gasteiger partial charge in [0.25, 0.3) is 0 Å². The maximum Gasteiger partial charge on any atom is 0.223 e. The van der Waals surface area contributed by atoms with Gasteiger partial charge < -0.3 is 11.1 Å². The molecule has 1 aliphatic carbocycles. The third-order valence-corrected chi connectivity index (χ3v) is 6.33. The minimum absolute atomic E-state index is 0.159. The monoisotopic (exact) mass is 380 g/mol. The van der Waals surface area contributed by atoms with E-state index in [1.807, 2.05) is 0 Å². The first-order valence-corrected chi connectivity index (χ1v) is 12.2. The van der Waals surface area contributed by atoms with Crippen LogP contribution in [0.15, 0.2) is 0 Å². The van der Waals surface area contributed by atoms with Gasteiger partial charge in [0, 0.05) is 18.0 Å². The predicted octanol–water partition coefficient (Wildman–Crippen LogP) is 6.49. The molecule has 0 aliphatic heterocycles. The van der Waals surface area contributed by atoms with Crippen LogP contribution >= 0.6 is 0 Å². The summed E-state index contributed by atoms with van der Waals surface area (Å²) in [6, 6.07) is 0.370. The molecule has 1 amide bonds. The molecule has 0 radical (unpaired) electrons. The zero-order valence-electron chi connectivity index (χ0n) is 18.4. The van der Waals surface area contributed by atoms with Crippen molar-refractivity contribution in [3.8, 4) is 0 Å². The van der Waals surface area contributed by atoms with E-state index < -0.39 is 0 Å². The second-order valence-electron chi connectivity index (χ2n) is 8.87. The normalized spacial score (nSPS) is 21.1. The first-order chi connectivity index (χ1) is 13.2. The van der Waals surface area contributed by atoms with E-state index in [-0.39, 0.29) is 18.0 Å². The number of amides is 1. The summed E-state index contributed by atoms with van der Waals surface area (Å²) in [5, 5.41) is 3.33. The Morgan fingerprint density at radius 2 is 1.30 bits per heavy atom. The van der Waals surface area contributed by atoms with Gasteiger partial charge in [-0.1, -0.05) is 104 Å². The Hall–Kier alpha value is -0.570. The number of unbranched alkanes of at least 4 members (excludes halogenated alkanes) is 10. The van der Waals surface area contributed by atoms with Crippen LogP contribution in [-0.4, -0.2) is 18.0 Å². The van der Waals surface area contributed by atoms with Crippen LogP contribution in [0.1, 0.15) is 129 Å². The first-order valence-electron chi connectivity index (χ1n) is 12.2. The molecule has 3 atom stereocenters. The molecule has 27 heavy (non-hydrogen) atoms. The van der Waals surface area contributed by atoms with E-state index in [4.69, 9.17) is 5.73 Å². The van der Waals surface area contributed by atoms with Crippen LogP contribution in [0.3, 0.4) is 0 Å². The highest BCUT2D eigenvalue weighted by Crippen LogP contribution is 2.22. The van der Waals surface area contributed by atoms with Gasteiger partial charge in [0.1, 0.15) is 0 Å². The van der Waals surface area contributed by atoms with Gasteiger partial charge in [-0.2, -0.15) is 0 Å². The van der Waals surface area contributed by atoms with Crippen molar-refractivity contribution < 1.29 is 4.79 Å². The van der Waals surface area contributed by atoms with E-state index in [0.717, 1.165) is 25.7 Å². The van der Waals surface area contributed by atoms with Gasteiger partial charge in [0.05, 0.1) is 0 Å². The summed E-state index contributed by atoms with van der Waals surface area (Å²) in [5.74, 6) is 0.496. The number of rotatable bonds is 16. The zero-order chi connectivity index (χ0) is 19.7. The second-order valence-corrected chi connectivity index (χ2v) is 8.87. The van der Waals surface area contributed by atoms with Gasteiger partial charge in [0.2, 0.25) is 5.91 Å². The molecule has 3 N–H and O–H groups in total. The lowest BCUT2D eigenvalue weighted by atomic mass is 9.89. The fourth-order valence-electron chi connectivity index (χ4n) is 4.39. The molecule has 0 aromatic heterocycles. The Kier molecular flexibility index (Phi) is 14.9. The molecule has 0 bridgehead atoms. The van der Waals surface area contributed by atoms with Crippen molar-refractivity contribution in [3.63, 3.8) is 0 Å². The summed E-state index contributed by atoms with van der Waals surface area (Å²) < 4.78 is 0. The van der Waals surface area contributed by atoms with Gasteiger partial charge >= 0.3 is 0 Å². The first kappa shape index (κ1) is 24.5. The largest absolute Gasteiger partial charge is 0.352 e. The standard InChI is InChI=1S/C24H48N2O/c1-3-5-7-9-10-12-14-18-21(17-13-11-8-6-4-2)24(27)26-23-20-16-15-19-22(23)25/h21-23H,3-20,25H2,1-2H3,(H,26,27)/t21?,22-,23-/m0/s1. The minimum atomic E-state index is 0.159. The molecule has 1 saturated carbocycles. The Bertz CT molecular complexity index is 358. The molecular formula is C24H48N2O. The SMILES string of the molecule is CCCCCCCCCC(CCCCCCC)C(=O)N[C@H]1CCCC[C@@H]1N. The number of nitrogens with two attached hydrogens (primary N) is 1. The molecule has 1 fully saturated rings. The van der Waals surface area contributed by atoms with Gasteiger partial charge in [-0.3, -0.25) is 4.79 Å². The van der Waals surface area contributed by atoms with E-state index in [0.29, 0.717) is 5.91 Å². The highest BCUT2D eigenvalue weighted by molar-refractivity contribution is 5.79. The summed E-state index contributed by atoms with van der Waals surface area (Å²) in [6.45, 7) is 4.52. The van der Waals surface area contributed by atoms with Crippen LogP contribution in [-0.2, 0) is 4.79 Å². The van der Waals surface area contributed by atoms with Crippen LogP contribution in [0, 0.1) is 5.92 Å². The predicted molar refractivity (Wildman–Crippen MR) is 118 cm³/mol. The van der Waals surface area contributed by atoms with Crippen molar-refractivity contribution in [2.45, 2.75) is 142 Å². The quantitative estimate of drug-likeness (QED) is 0.301. The van der Waals surface area contributed by atoms with E-state index >= 15 is 0 Å². The molecular weight excluding hydrogens is 332 g/mol. The van der Waals surface area contributed by atoms with Crippen molar-refractivity contribution >= 4 is 5.91 Å². The number of hydrogen-bond acceptors (Lipinski definition) is 2. The second kappa shape index (κ2) is 16.4. The molecule has 0 aromatic rings. The van der Waals surface area contributed by atoms with Crippen LogP contribution in [0.25, 0.3) is 0 Å². The maximum absolute atomic E-state index is 12.9. The van der Waals surface area contributed by atoms with E-state index in [2.05, 4.69) is 19.2 Å². The Labute approximate surface area is 169 Å². The Balaban J connectivity index is 2.34. The topological polar surface area (TPSA) is 55.1 Å². The molecule has 0 aromatic carbocycles. The Morgan fingerprint density at radius 3 is 1.81 bits per heavy atom. The van der Waals surface area contributed by atoms with Gasteiger partial charge in [-0.15, -0.1) is 0 Å². The summed E-state index contributed by atoms with van der Waals surface area (Å²) >= 11 is 0. The summed E-state index contributed by atoms with van der Waals surface area (Å²) in [5.41, 5.74) is 6.25. The third-order valence-electron chi connectivity index (χ3n) is 6.33. The minimum Gasteiger partial charge on any atom is -0.352 e. The Morgan fingerprint density at radius 1 is 0.815 bits per heavy atom. The molecule has 1 aliphatic rings. The van der Waals surface area contributed by atoms with Gasteiger partial charge in [0.15, 0.2) is 0 Å². The summed E-state index contributed by atoms with van der Waals surface area (Å²) in [4.78, 5) is 12.9. The molecule has 1 unspecified atom stereocenters. The van der Waals surface area contributed by atoms with Gasteiger partial charge in [-0.05, 0) is 25.7 Å². The third kappa shape index (κ3) is 11.8. The van der Waals surface area contributed by atoms with Crippen LogP contribution in [0.2, 0.25) is 0 Å². The van der Waals surface area contributed by atoms with E-state index in [1.165, 1.54) is 89.9 Å². The van der Waals surface area contributed by atoms with Gasteiger partial charge in [-0.25, -0.2) is 0 Å². The molecule has 0 saturated heterocycles. The van der Waals surface area contributed by atoms with Crippen molar-refractivity contribution in [1.29, 1.82) is 0 Å². The van der Waals surface area contributed by atoms with Crippen molar-refractivity contribution in [1.82, 2.24) is 5.32 Å². The number of hydrogen-bond donors (Lipinski definition) is 2. The summed E-state index contributed by atoms with van der Waals surface area (Å²) in [6.07, 6.45) is 22.3. The maximum atomic E-state index is 12.9. The smallest absolute Gasteiger partial charge is 0.223 e. The lowest BCUT2D eigenvalue weighted by molar-refractivity contribution is -0.126. The van der Waals surface area contributed by atoms with Crippen molar-refractivity contribution in [2.75, 3.05) is 0 Å². The fourth-order valence-corrected chi connectivity index (χ4v) is 4.39. The molecule has 160 valence electrons. The zero-order valence-corrected chi connectivity index (χ0v) is 18.4. The molecule has 1 rings (SSSR count). The highest BCUT2D eigenvalue weighted by atomic mass is 16.1. The number of nitrogens with one attached hydrogen (secondary N) is 1. The number of carbonyl (C=O) groups excluding carboxylic acids is 1. The van der Waals surface area contributed by atoms with Crippen LogP contribution in [0.5, 0.6) is 0 Å². The van der Waals surface area contributed by atoms with Crippen molar-refractivity contribution in [2.24, 2.45) is 11.7 Å². The highest BCUT2D eigenvalue weighted by Gasteiger charge is 2.26. The molecule has 0 heterocycles. The van der Waals surface area contributed by atoms with E-state index in [1.54, 1.807) is 0 Å². The van der Waals surface area contributed by atoms with E-state index in [9.17, 15) is 4.79 Å².